The Morgan fingerprint density at radius 3 is 2.55 bits per heavy atom. The first-order valence-electron chi connectivity index (χ1n) is 13.2. The van der Waals surface area contributed by atoms with Gasteiger partial charge < -0.3 is 30.0 Å². The van der Waals surface area contributed by atoms with E-state index in [1.807, 2.05) is 6.08 Å². The molecule has 226 valence electrons. The number of hydrazone groups is 1. The first-order valence-corrected chi connectivity index (χ1v) is 14.3. The Bertz CT molecular complexity index is 1480. The molecule has 2 fully saturated rings. The van der Waals surface area contributed by atoms with E-state index in [9.17, 15) is 33.9 Å². The average Bonchev–Trinajstić information content (AvgIpc) is 3.57. The number of urea groups is 2. The molecule has 1 unspecified atom stereocenters. The molecular weight excluding hydrogens is 607 g/mol. The van der Waals surface area contributed by atoms with Crippen LogP contribution in [0.5, 0.6) is 0 Å². The number of benzene rings is 1. The Balaban J connectivity index is 0.00000442. The largest absolute Gasteiger partial charge is 1.00 e. The molecule has 15 nitrogen and oxygen atoms in total. The van der Waals surface area contributed by atoms with Gasteiger partial charge in [-0.15, -0.1) is 16.9 Å². The van der Waals surface area contributed by atoms with Crippen molar-refractivity contribution in [3.05, 3.63) is 59.0 Å². The second-order valence-corrected chi connectivity index (χ2v) is 11.0. The topological polar surface area (TPSA) is 190 Å². The molecular formula is C27H27N6NaO9S. The van der Waals surface area contributed by atoms with Crippen molar-refractivity contribution in [2.75, 3.05) is 25.4 Å². The van der Waals surface area contributed by atoms with Gasteiger partial charge in [-0.05, 0) is 18.6 Å². The third-order valence-corrected chi connectivity index (χ3v) is 8.30. The number of allylic oxidation sites excluding steroid dienone is 1. The van der Waals surface area contributed by atoms with Gasteiger partial charge in [0.25, 0.3) is 5.91 Å². The number of nitrogens with one attached hydrogen (secondary N) is 2. The number of fused-ring (bicyclic) bond motifs is 1. The summed E-state index contributed by atoms with van der Waals surface area (Å²) in [5.74, 6) is -2.57. The molecule has 1 aromatic rings. The maximum atomic E-state index is 13.5. The fourth-order valence-electron chi connectivity index (χ4n) is 4.86. The van der Waals surface area contributed by atoms with E-state index in [4.69, 9.17) is 9.47 Å². The van der Waals surface area contributed by atoms with Gasteiger partial charge in [-0.2, -0.15) is 0 Å². The quantitative estimate of drug-likeness (QED) is 0.167. The number of carbonyl (C=O) groups excluding carboxylic acids is 6. The van der Waals surface area contributed by atoms with Crippen LogP contribution in [0.4, 0.5) is 9.59 Å². The Morgan fingerprint density at radius 2 is 1.91 bits per heavy atom. The number of rotatable bonds is 8. The third kappa shape index (κ3) is 6.77. The zero-order chi connectivity index (χ0) is 30.8. The zero-order valence-electron chi connectivity index (χ0n) is 24.1. The van der Waals surface area contributed by atoms with Gasteiger partial charge >= 0.3 is 47.6 Å². The number of hydrogen-bond acceptors (Lipinski definition) is 11. The summed E-state index contributed by atoms with van der Waals surface area (Å²) in [6.07, 6.45) is 2.23. The average molecular weight is 635 g/mol. The van der Waals surface area contributed by atoms with E-state index in [0.717, 1.165) is 14.8 Å². The van der Waals surface area contributed by atoms with Crippen LogP contribution in [-0.2, 0) is 28.7 Å². The van der Waals surface area contributed by atoms with Crippen molar-refractivity contribution in [1.29, 1.82) is 0 Å². The fourth-order valence-corrected chi connectivity index (χ4v) is 6.19. The molecule has 4 aliphatic heterocycles. The summed E-state index contributed by atoms with van der Waals surface area (Å²) in [5.41, 5.74) is 0.185. The predicted molar refractivity (Wildman–Crippen MR) is 147 cm³/mol. The molecule has 44 heavy (non-hydrogen) atoms. The molecule has 4 aliphatic rings. The molecule has 0 radical (unpaired) electrons. The normalized spacial score (nSPS) is 22.4. The number of ether oxygens (including phenoxy) is 2. The second-order valence-electron chi connectivity index (χ2n) is 9.88. The fraction of sp³-hybridized carbons (Fsp3) is 0.370. The molecule has 0 aliphatic carbocycles. The second kappa shape index (κ2) is 13.8. The summed E-state index contributed by atoms with van der Waals surface area (Å²) in [6, 6.07) is 4.31. The van der Waals surface area contributed by atoms with E-state index >= 15 is 0 Å². The Morgan fingerprint density at radius 1 is 1.18 bits per heavy atom. The van der Waals surface area contributed by atoms with Gasteiger partial charge in [-0.1, -0.05) is 30.3 Å². The van der Waals surface area contributed by atoms with Crippen molar-refractivity contribution in [2.24, 2.45) is 5.10 Å². The van der Waals surface area contributed by atoms with Gasteiger partial charge in [0.1, 0.15) is 24.1 Å². The molecule has 3 atom stereocenters. The Kier molecular flexibility index (Phi) is 10.4. The maximum absolute atomic E-state index is 13.5. The summed E-state index contributed by atoms with van der Waals surface area (Å²) in [7, 11) is 0. The van der Waals surface area contributed by atoms with Crippen LogP contribution >= 0.6 is 11.8 Å². The van der Waals surface area contributed by atoms with E-state index in [2.05, 4.69) is 15.7 Å². The van der Waals surface area contributed by atoms with Gasteiger partial charge in [0, 0.05) is 24.7 Å². The van der Waals surface area contributed by atoms with Crippen LogP contribution in [0.2, 0.25) is 0 Å². The van der Waals surface area contributed by atoms with Crippen molar-refractivity contribution in [1.82, 2.24) is 25.4 Å². The maximum Gasteiger partial charge on any atom is 1.00 e. The Hall–Kier alpha value is -3.86. The number of imide groups is 1. The standard InChI is InChI=1S/C27H28N6O9S.Na/c1-14-8-9-18(42-14)30-32-11-10-31(27(32)40)26(39)29-19(16-6-4-3-5-7-16)22(35)28-20-23(36)33-21(25(37)38)17(12-41-15(2)34)13-43-24(20)33;/h3-8,19-20,24H,9-13H2,1-2H3,(H,28,35)(H,29,39)(H,37,38);/q;+1/p-1/t19-,20?,24-;/m1./s1. The number of carboxylic acid groups (broad SMARTS) is 1. The van der Waals surface area contributed by atoms with Crippen LogP contribution < -0.4 is 45.3 Å². The summed E-state index contributed by atoms with van der Waals surface area (Å²) in [6.45, 7) is 2.75. The van der Waals surface area contributed by atoms with E-state index < -0.39 is 59.0 Å². The van der Waals surface area contributed by atoms with Crippen LogP contribution in [0.25, 0.3) is 0 Å². The number of aliphatic carboxylic acids is 1. The minimum absolute atomic E-state index is 0. The summed E-state index contributed by atoms with van der Waals surface area (Å²) < 4.78 is 10.3. The molecule has 2 N–H and O–H groups in total. The van der Waals surface area contributed by atoms with Crippen molar-refractivity contribution in [3.63, 3.8) is 0 Å². The first-order chi connectivity index (χ1) is 20.5. The molecule has 5 rings (SSSR count). The van der Waals surface area contributed by atoms with Gasteiger partial charge in [-0.25, -0.2) is 19.5 Å². The van der Waals surface area contributed by atoms with Crippen LogP contribution in [0.1, 0.15) is 31.9 Å². The van der Waals surface area contributed by atoms with E-state index in [1.165, 1.54) is 18.7 Å². The van der Waals surface area contributed by atoms with E-state index in [0.29, 0.717) is 23.6 Å². The van der Waals surface area contributed by atoms with Gasteiger partial charge in [0.2, 0.25) is 11.8 Å². The molecule has 0 bridgehead atoms. The molecule has 0 saturated carbocycles. The Labute approximate surface area is 277 Å². The monoisotopic (exact) mass is 634 g/mol. The zero-order valence-corrected chi connectivity index (χ0v) is 26.9. The molecule has 2 saturated heterocycles. The van der Waals surface area contributed by atoms with Crippen LogP contribution in [0.15, 0.2) is 58.5 Å². The van der Waals surface area contributed by atoms with Gasteiger partial charge in [-0.3, -0.25) is 19.3 Å². The SMILES string of the molecule is CC(=O)OCC1=C(C(=O)[O-])N2C(=O)C(NC(=O)[C@H](NC(=O)N3CCN(N=C4CC=C(C)O4)C3=O)c3ccccc3)[C@H]2SC1.[Na+]. The molecule has 1 aromatic carbocycles. The number of carbonyl (C=O) groups is 6. The van der Waals surface area contributed by atoms with Crippen molar-refractivity contribution < 1.29 is 72.9 Å². The third-order valence-electron chi connectivity index (χ3n) is 6.96. The molecule has 4 heterocycles. The summed E-state index contributed by atoms with van der Waals surface area (Å²) in [4.78, 5) is 77.7. The number of thioether (sulfide) groups is 1. The van der Waals surface area contributed by atoms with Crippen molar-refractivity contribution in [3.8, 4) is 0 Å². The predicted octanol–water partition coefficient (Wildman–Crippen LogP) is -3.22. The van der Waals surface area contributed by atoms with E-state index in [-0.39, 0.29) is 60.6 Å². The number of β-lactam (4-membered cyclic amide) rings is 1. The van der Waals surface area contributed by atoms with Gasteiger partial charge in [0.15, 0.2) is 0 Å². The number of esters is 1. The van der Waals surface area contributed by atoms with Crippen LogP contribution in [-0.4, -0.2) is 93.4 Å². The minimum atomic E-state index is -1.61. The molecule has 17 heteroatoms. The summed E-state index contributed by atoms with van der Waals surface area (Å²) >= 11 is 1.18. The molecule has 6 amide bonds. The molecule has 0 spiro atoms. The number of amides is 6. The molecule has 0 aromatic heterocycles. The van der Waals surface area contributed by atoms with Crippen LogP contribution in [0.3, 0.4) is 0 Å². The van der Waals surface area contributed by atoms with Crippen LogP contribution in [0, 0.1) is 0 Å². The smallest absolute Gasteiger partial charge is 0.543 e. The minimum Gasteiger partial charge on any atom is -0.543 e. The van der Waals surface area contributed by atoms with E-state index in [1.54, 1.807) is 37.3 Å². The van der Waals surface area contributed by atoms with Gasteiger partial charge in [0.05, 0.1) is 30.5 Å². The number of hydrogen-bond donors (Lipinski definition) is 2. The first kappa shape index (κ1) is 33.0. The number of carboxylic acids is 1. The number of nitrogens with zero attached hydrogens (tertiary/aromatic N) is 4. The van der Waals surface area contributed by atoms with Crippen molar-refractivity contribution in [2.45, 2.75) is 37.7 Å². The summed E-state index contributed by atoms with van der Waals surface area (Å²) in [5, 5.41) is 21.6. The van der Waals surface area contributed by atoms with Crippen molar-refractivity contribution >= 4 is 53.5 Å².